The molecule has 0 aromatic rings. The summed E-state index contributed by atoms with van der Waals surface area (Å²) in [5.41, 5.74) is 1.57. The molecule has 1 fully saturated rings. The van der Waals surface area contributed by atoms with Crippen molar-refractivity contribution >= 4 is 17.9 Å². The van der Waals surface area contributed by atoms with E-state index in [-0.39, 0.29) is 35.9 Å². The van der Waals surface area contributed by atoms with Crippen LogP contribution in [0.25, 0.3) is 0 Å². The van der Waals surface area contributed by atoms with Crippen LogP contribution in [0.4, 0.5) is 0 Å². The van der Waals surface area contributed by atoms with Crippen molar-refractivity contribution in [3.63, 3.8) is 0 Å². The first-order chi connectivity index (χ1) is 25.2. The van der Waals surface area contributed by atoms with Crippen LogP contribution in [0.15, 0.2) is 59.4 Å². The lowest BCUT2D eigenvalue weighted by Crippen LogP contribution is -2.58. The summed E-state index contributed by atoms with van der Waals surface area (Å²) in [4.78, 5) is 37.0. The number of aliphatic carboxylic acids is 1. The third-order valence-corrected chi connectivity index (χ3v) is 11.1. The number of esters is 2. The fourth-order valence-corrected chi connectivity index (χ4v) is 7.41. The Balaban J connectivity index is 2.56. The van der Waals surface area contributed by atoms with E-state index < -0.39 is 78.3 Å². The van der Waals surface area contributed by atoms with Gasteiger partial charge in [0.05, 0.1) is 31.5 Å². The summed E-state index contributed by atoms with van der Waals surface area (Å²) in [6, 6.07) is 0. The van der Waals surface area contributed by atoms with Gasteiger partial charge in [-0.15, -0.1) is 0 Å². The standard InChI is InChI=1S/C41H64O13/c1-12-30-36(45)24(4)18-22(2)14-13-15-31(50-10)39(53-40(48)32(51-11)20-23(3)19-25(5)37(30)46)27(7)38(47)28(8)41(49)21-33(26(6)29(9)54-41)52-35(44)17-16-34(42)43/h13-17,19-20,24-31,33,36-39,45-47,49H,12,18,21H2,1-11H3,(H,42,43)/b15-13-,17-16+,22-14-,23-19-,32-20+/t24-,25-,26-,27+,28+,29+,30-,31+,33+,36+,37+,38+,39+,41+/m0/s1. The largest absolute Gasteiger partial charge is 0.490 e. The molecular weight excluding hydrogens is 700 g/mol. The molecule has 54 heavy (non-hydrogen) atoms. The van der Waals surface area contributed by atoms with Crippen molar-refractivity contribution in [2.24, 2.45) is 35.5 Å². The van der Waals surface area contributed by atoms with E-state index in [9.17, 15) is 34.8 Å². The Bertz CT molecular complexity index is 1410. The fourth-order valence-electron chi connectivity index (χ4n) is 7.41. The van der Waals surface area contributed by atoms with E-state index in [1.54, 1.807) is 52.8 Å². The van der Waals surface area contributed by atoms with Crippen LogP contribution in [0.5, 0.6) is 0 Å². The zero-order chi connectivity index (χ0) is 41.1. The minimum absolute atomic E-state index is 0.139. The average Bonchev–Trinajstić information content (AvgIpc) is 3.11. The van der Waals surface area contributed by atoms with Crippen molar-refractivity contribution < 1.29 is 63.6 Å². The molecule has 2 aliphatic rings. The minimum Gasteiger partial charge on any atom is -0.490 e. The molecule has 0 unspecified atom stereocenters. The number of allylic oxidation sites excluding steroid dienone is 5. The van der Waals surface area contributed by atoms with E-state index in [1.165, 1.54) is 20.3 Å². The second kappa shape index (κ2) is 21.1. The monoisotopic (exact) mass is 764 g/mol. The van der Waals surface area contributed by atoms with Crippen LogP contribution < -0.4 is 0 Å². The smallest absolute Gasteiger partial charge is 0.373 e. The molecule has 0 spiro atoms. The van der Waals surface area contributed by atoms with Crippen molar-refractivity contribution in [1.82, 2.24) is 0 Å². The number of carbonyl (C=O) groups is 3. The molecule has 13 heteroatoms. The van der Waals surface area contributed by atoms with Gasteiger partial charge in [0.15, 0.2) is 5.79 Å². The van der Waals surface area contributed by atoms with Gasteiger partial charge in [0, 0.05) is 55.3 Å². The van der Waals surface area contributed by atoms with Gasteiger partial charge in [-0.2, -0.15) is 0 Å². The fraction of sp³-hybridized carbons (Fsp3) is 0.683. The zero-order valence-corrected chi connectivity index (χ0v) is 33.7. The molecule has 0 saturated carbocycles. The summed E-state index contributed by atoms with van der Waals surface area (Å²) >= 11 is 0. The summed E-state index contributed by atoms with van der Waals surface area (Å²) in [7, 11) is 2.76. The Kier molecular flexibility index (Phi) is 18.3. The van der Waals surface area contributed by atoms with E-state index in [0.29, 0.717) is 24.5 Å². The van der Waals surface area contributed by atoms with Crippen LogP contribution in [0.1, 0.15) is 81.6 Å². The van der Waals surface area contributed by atoms with Crippen molar-refractivity contribution in [3.8, 4) is 0 Å². The SMILES string of the molecule is CC[C@@H]1[C@H](O)[C@@H](C)/C=C(C)\C=C(\OC)C(=O)O[C@H]([C@H](C)[C@@H](O)[C@@H](C)[C@@]2(O)C[C@@H](OC(=O)/C=C/C(=O)O)[C@@H](C)[C@@H](C)O2)[C@H](OC)/C=C\C=C(\C)C[C@H](C)[C@H]1O. The number of carbonyl (C=O) groups excluding carboxylic acids is 2. The zero-order valence-electron chi connectivity index (χ0n) is 33.7. The van der Waals surface area contributed by atoms with Gasteiger partial charge in [-0.25, -0.2) is 14.4 Å². The average molecular weight is 765 g/mol. The molecule has 5 N–H and O–H groups in total. The lowest BCUT2D eigenvalue weighted by Gasteiger charge is -2.48. The lowest BCUT2D eigenvalue weighted by atomic mass is 9.77. The molecule has 2 heterocycles. The van der Waals surface area contributed by atoms with Crippen LogP contribution in [-0.4, -0.2) is 106 Å². The van der Waals surface area contributed by atoms with Crippen LogP contribution in [0, 0.1) is 35.5 Å². The maximum Gasteiger partial charge on any atom is 0.373 e. The highest BCUT2D eigenvalue weighted by Crippen LogP contribution is 2.41. The summed E-state index contributed by atoms with van der Waals surface area (Å²) in [5, 5.41) is 55.2. The Morgan fingerprint density at radius 3 is 2.30 bits per heavy atom. The van der Waals surface area contributed by atoms with Crippen LogP contribution in [-0.2, 0) is 38.1 Å². The molecule has 2 rings (SSSR count). The number of rotatable bonds is 10. The van der Waals surface area contributed by atoms with E-state index in [0.717, 1.165) is 11.6 Å². The van der Waals surface area contributed by atoms with Gasteiger partial charge < -0.3 is 49.2 Å². The summed E-state index contributed by atoms with van der Waals surface area (Å²) in [5.74, 6) is -8.39. The molecule has 0 aliphatic carbocycles. The molecule has 306 valence electrons. The second-order valence-corrected chi connectivity index (χ2v) is 15.2. The summed E-state index contributed by atoms with van der Waals surface area (Å²) in [6.07, 6.45) is 4.45. The first kappa shape index (κ1) is 46.8. The quantitative estimate of drug-likeness (QED) is 0.153. The van der Waals surface area contributed by atoms with Gasteiger partial charge in [-0.3, -0.25) is 0 Å². The normalized spacial score (nSPS) is 38.8. The molecule has 2 aliphatic heterocycles. The van der Waals surface area contributed by atoms with Crippen molar-refractivity contribution in [2.45, 2.75) is 130 Å². The van der Waals surface area contributed by atoms with Crippen LogP contribution in [0.2, 0.25) is 0 Å². The van der Waals surface area contributed by atoms with Crippen molar-refractivity contribution in [2.75, 3.05) is 14.2 Å². The third kappa shape index (κ3) is 12.6. The number of carboxylic acids is 1. The van der Waals surface area contributed by atoms with Gasteiger partial charge >= 0.3 is 17.9 Å². The maximum absolute atomic E-state index is 13.7. The molecule has 0 aromatic carbocycles. The Labute approximate surface area is 320 Å². The van der Waals surface area contributed by atoms with Gasteiger partial charge in [0.1, 0.15) is 18.3 Å². The number of hydrogen-bond acceptors (Lipinski definition) is 12. The van der Waals surface area contributed by atoms with E-state index in [2.05, 4.69) is 0 Å². The second-order valence-electron chi connectivity index (χ2n) is 15.2. The van der Waals surface area contributed by atoms with E-state index in [4.69, 9.17) is 28.8 Å². The van der Waals surface area contributed by atoms with Gasteiger partial charge in [0.2, 0.25) is 5.76 Å². The van der Waals surface area contributed by atoms with E-state index in [1.807, 2.05) is 33.8 Å². The molecule has 0 aromatic heterocycles. The van der Waals surface area contributed by atoms with Gasteiger partial charge in [-0.05, 0) is 45.6 Å². The number of aliphatic hydroxyl groups is 4. The minimum atomic E-state index is -2.00. The van der Waals surface area contributed by atoms with Crippen molar-refractivity contribution in [1.29, 1.82) is 0 Å². The third-order valence-electron chi connectivity index (χ3n) is 11.1. The number of methoxy groups -OCH3 is 2. The Hall–Kier alpha value is -3.33. The molecule has 0 bridgehead atoms. The lowest BCUT2D eigenvalue weighted by molar-refractivity contribution is -0.319. The maximum atomic E-state index is 13.7. The van der Waals surface area contributed by atoms with Crippen LogP contribution in [0.3, 0.4) is 0 Å². The Morgan fingerprint density at radius 1 is 1.07 bits per heavy atom. The highest BCUT2D eigenvalue weighted by atomic mass is 16.6. The molecule has 13 nitrogen and oxygen atoms in total. The van der Waals surface area contributed by atoms with Gasteiger partial charge in [-0.1, -0.05) is 77.0 Å². The predicted octanol–water partition coefficient (Wildman–Crippen LogP) is 4.64. The molecule has 0 radical (unpaired) electrons. The van der Waals surface area contributed by atoms with Gasteiger partial charge in [0.25, 0.3) is 0 Å². The van der Waals surface area contributed by atoms with E-state index >= 15 is 0 Å². The number of ether oxygens (including phenoxy) is 5. The molecule has 14 atom stereocenters. The first-order valence-corrected chi connectivity index (χ1v) is 18.8. The van der Waals surface area contributed by atoms with Crippen molar-refractivity contribution in [3.05, 3.63) is 59.4 Å². The van der Waals surface area contributed by atoms with Crippen LogP contribution >= 0.6 is 0 Å². The number of carboxylic acid groups (broad SMARTS) is 1. The summed E-state index contributed by atoms with van der Waals surface area (Å²) in [6.45, 7) is 16.1. The predicted molar refractivity (Wildman–Crippen MR) is 201 cm³/mol. The highest BCUT2D eigenvalue weighted by Gasteiger charge is 2.51. The highest BCUT2D eigenvalue weighted by molar-refractivity contribution is 5.90. The number of hydrogen-bond donors (Lipinski definition) is 5. The number of aliphatic hydroxyl groups excluding tert-OH is 3. The summed E-state index contributed by atoms with van der Waals surface area (Å²) < 4.78 is 28.9. The first-order valence-electron chi connectivity index (χ1n) is 18.8. The topological polar surface area (TPSA) is 199 Å². The molecular formula is C41H64O13. The number of cyclic esters (lactones) is 1. The molecule has 0 amide bonds. The molecule has 1 saturated heterocycles. The Morgan fingerprint density at radius 2 is 1.72 bits per heavy atom.